The van der Waals surface area contributed by atoms with Gasteiger partial charge in [-0.05, 0) is 121 Å². The minimum atomic E-state index is -0.797. The molecule has 1 aliphatic heterocycles. The van der Waals surface area contributed by atoms with E-state index in [1.165, 1.54) is 16.7 Å². The topological polar surface area (TPSA) is 97.6 Å². The van der Waals surface area contributed by atoms with Crippen LogP contribution in [0.25, 0.3) is 16.8 Å². The van der Waals surface area contributed by atoms with E-state index in [9.17, 15) is 9.59 Å². The predicted molar refractivity (Wildman–Crippen MR) is 208 cm³/mol. The number of rotatable bonds is 12. The van der Waals surface area contributed by atoms with Gasteiger partial charge in [0.05, 0.1) is 51.8 Å². The molecule has 0 amide bonds. The van der Waals surface area contributed by atoms with Crippen molar-refractivity contribution in [1.29, 1.82) is 0 Å². The summed E-state index contributed by atoms with van der Waals surface area (Å²) in [4.78, 5) is 32.9. The summed E-state index contributed by atoms with van der Waals surface area (Å²) in [6.45, 7) is 10.3. The molecule has 1 aliphatic rings. The predicted octanol–water partition coefficient (Wildman–Crippen LogP) is 7.33. The summed E-state index contributed by atoms with van der Waals surface area (Å²) in [5, 5.41) is 2.33. The van der Waals surface area contributed by atoms with Crippen LogP contribution in [0.1, 0.15) is 57.4 Å². The molecule has 2 heterocycles. The van der Waals surface area contributed by atoms with Crippen molar-refractivity contribution < 1.29 is 28.5 Å². The summed E-state index contributed by atoms with van der Waals surface area (Å²) in [5.41, 5.74) is 2.95. The summed E-state index contributed by atoms with van der Waals surface area (Å²) >= 11 is 3.50. The molecule has 9 nitrogen and oxygen atoms in total. The number of ether oxygens (including phenoxy) is 5. The number of aromatic nitrogens is 1. The van der Waals surface area contributed by atoms with Crippen LogP contribution in [-0.2, 0) is 16.1 Å². The third kappa shape index (κ3) is 7.69. The molecule has 51 heavy (non-hydrogen) atoms. The zero-order valence-corrected chi connectivity index (χ0v) is 32.3. The van der Waals surface area contributed by atoms with E-state index < -0.39 is 12.0 Å². The van der Waals surface area contributed by atoms with Crippen LogP contribution in [0.15, 0.2) is 93.9 Å². The molecule has 0 bridgehead atoms. The number of halogens is 1. The standard InChI is InChI=1S/C40H39IN2O7S/c1-7-47-33-19-26(18-30(41)37(33)49-22-25-13-14-27-11-9-10-12-28(27)17-25)20-34-38(44)43-36(29-15-16-31(50-23(3)4)32(21-29)46-6)35(39(45)48-8-2)24(5)42-40(43)51-34/h9-21,23,36H,7-8,22H2,1-6H3/b34-20-/t36-/m1/s1. The van der Waals surface area contributed by atoms with Crippen LogP contribution in [0, 0.1) is 3.57 Å². The quantitative estimate of drug-likeness (QED) is 0.0962. The minimum absolute atomic E-state index is 0.0730. The van der Waals surface area contributed by atoms with E-state index >= 15 is 0 Å². The molecular weight excluding hydrogens is 779 g/mol. The zero-order valence-electron chi connectivity index (χ0n) is 29.3. The van der Waals surface area contributed by atoms with Crippen molar-refractivity contribution >= 4 is 56.7 Å². The van der Waals surface area contributed by atoms with Gasteiger partial charge in [0.15, 0.2) is 27.8 Å². The third-order valence-electron chi connectivity index (χ3n) is 8.21. The molecule has 0 unspecified atom stereocenters. The summed E-state index contributed by atoms with van der Waals surface area (Å²) in [7, 11) is 1.56. The Morgan fingerprint density at radius 3 is 2.47 bits per heavy atom. The molecule has 0 N–H and O–H groups in total. The van der Waals surface area contributed by atoms with E-state index in [4.69, 9.17) is 28.7 Å². The van der Waals surface area contributed by atoms with Gasteiger partial charge in [0, 0.05) is 0 Å². The zero-order chi connectivity index (χ0) is 36.2. The molecule has 0 fully saturated rings. The molecule has 0 aliphatic carbocycles. The number of carbonyl (C=O) groups excluding carboxylic acids is 1. The number of hydrogen-bond acceptors (Lipinski definition) is 9. The van der Waals surface area contributed by atoms with Crippen LogP contribution in [0.4, 0.5) is 0 Å². The van der Waals surface area contributed by atoms with Crippen LogP contribution >= 0.6 is 33.9 Å². The van der Waals surface area contributed by atoms with Gasteiger partial charge in [-0.1, -0.05) is 53.8 Å². The number of allylic oxidation sites excluding steroid dienone is 1. The molecule has 11 heteroatoms. The molecule has 5 aromatic rings. The summed E-state index contributed by atoms with van der Waals surface area (Å²) in [5.74, 6) is 1.74. The second-order valence-corrected chi connectivity index (χ2v) is 14.3. The number of thiazole rings is 1. The fraction of sp³-hybridized carbons (Fsp3) is 0.275. The lowest BCUT2D eigenvalue weighted by Gasteiger charge is -2.25. The Balaban J connectivity index is 1.40. The highest BCUT2D eigenvalue weighted by atomic mass is 127. The Morgan fingerprint density at radius 2 is 1.75 bits per heavy atom. The molecule has 0 spiro atoms. The van der Waals surface area contributed by atoms with Crippen molar-refractivity contribution in [3.63, 3.8) is 0 Å². The smallest absolute Gasteiger partial charge is 0.338 e. The molecule has 264 valence electrons. The lowest BCUT2D eigenvalue weighted by atomic mass is 9.95. The maximum Gasteiger partial charge on any atom is 0.338 e. The number of hydrogen-bond donors (Lipinski definition) is 0. The second-order valence-electron chi connectivity index (χ2n) is 12.1. The van der Waals surface area contributed by atoms with Gasteiger partial charge in [0.25, 0.3) is 5.56 Å². The highest BCUT2D eigenvalue weighted by molar-refractivity contribution is 14.1. The monoisotopic (exact) mass is 818 g/mol. The van der Waals surface area contributed by atoms with Crippen molar-refractivity contribution in [3.05, 3.63) is 124 Å². The van der Waals surface area contributed by atoms with Crippen LogP contribution in [0.5, 0.6) is 23.0 Å². The normalized spacial score (nSPS) is 14.4. The maximum absolute atomic E-state index is 14.3. The Labute approximate surface area is 313 Å². The van der Waals surface area contributed by atoms with E-state index in [-0.39, 0.29) is 23.8 Å². The number of esters is 1. The van der Waals surface area contributed by atoms with E-state index in [2.05, 4.69) is 52.9 Å². The van der Waals surface area contributed by atoms with Crippen LogP contribution in [0.2, 0.25) is 0 Å². The van der Waals surface area contributed by atoms with Gasteiger partial charge in [-0.25, -0.2) is 9.79 Å². The van der Waals surface area contributed by atoms with Gasteiger partial charge in [-0.15, -0.1) is 0 Å². The first-order chi connectivity index (χ1) is 24.6. The minimum Gasteiger partial charge on any atom is -0.493 e. The van der Waals surface area contributed by atoms with Gasteiger partial charge in [-0.3, -0.25) is 9.36 Å². The van der Waals surface area contributed by atoms with Crippen molar-refractivity contribution in [2.24, 2.45) is 4.99 Å². The summed E-state index contributed by atoms with van der Waals surface area (Å²) in [6.07, 6.45) is 1.75. The summed E-state index contributed by atoms with van der Waals surface area (Å²) in [6, 6.07) is 23.0. The van der Waals surface area contributed by atoms with Gasteiger partial charge >= 0.3 is 5.97 Å². The fourth-order valence-corrected chi connectivity index (χ4v) is 7.85. The van der Waals surface area contributed by atoms with Crippen molar-refractivity contribution in [2.45, 2.75) is 53.4 Å². The number of fused-ring (bicyclic) bond motifs is 2. The molecule has 4 aromatic carbocycles. The molecule has 0 saturated heterocycles. The first kappa shape index (κ1) is 36.2. The first-order valence-corrected chi connectivity index (χ1v) is 18.6. The van der Waals surface area contributed by atoms with Gasteiger partial charge in [0.2, 0.25) is 0 Å². The van der Waals surface area contributed by atoms with Crippen molar-refractivity contribution in [3.8, 4) is 23.0 Å². The lowest BCUT2D eigenvalue weighted by molar-refractivity contribution is -0.139. The Morgan fingerprint density at radius 1 is 0.961 bits per heavy atom. The summed E-state index contributed by atoms with van der Waals surface area (Å²) < 4.78 is 32.3. The molecule has 1 atom stereocenters. The number of benzene rings is 4. The maximum atomic E-state index is 14.3. The largest absolute Gasteiger partial charge is 0.493 e. The first-order valence-electron chi connectivity index (χ1n) is 16.7. The van der Waals surface area contributed by atoms with E-state index in [0.717, 1.165) is 20.1 Å². The number of nitrogens with zero attached hydrogens (tertiary/aromatic N) is 2. The van der Waals surface area contributed by atoms with Crippen LogP contribution in [0.3, 0.4) is 0 Å². The molecular formula is C40H39IN2O7S. The Kier molecular flexibility index (Phi) is 11.2. The fourth-order valence-electron chi connectivity index (χ4n) is 6.02. The SMILES string of the molecule is CCOC(=O)C1=C(C)N=c2s/c(=C\c3cc(I)c(OCc4ccc5ccccc5c4)c(OCC)c3)c(=O)n2[C@@H]1c1ccc(OC(C)C)c(OC)c1. The van der Waals surface area contributed by atoms with Crippen LogP contribution in [-0.4, -0.2) is 37.0 Å². The molecule has 0 saturated carbocycles. The third-order valence-corrected chi connectivity index (χ3v) is 9.99. The Hall–Kier alpha value is -4.62. The van der Waals surface area contributed by atoms with E-state index in [0.29, 0.717) is 56.8 Å². The lowest BCUT2D eigenvalue weighted by Crippen LogP contribution is -2.40. The molecule has 6 rings (SSSR count). The molecule has 0 radical (unpaired) electrons. The average molecular weight is 819 g/mol. The Bertz CT molecular complexity index is 2330. The van der Waals surface area contributed by atoms with Crippen LogP contribution < -0.4 is 33.8 Å². The van der Waals surface area contributed by atoms with Crippen molar-refractivity contribution in [1.82, 2.24) is 4.57 Å². The van der Waals surface area contributed by atoms with E-state index in [1.807, 2.05) is 57.2 Å². The number of methoxy groups -OCH3 is 1. The van der Waals surface area contributed by atoms with E-state index in [1.54, 1.807) is 37.7 Å². The van der Waals surface area contributed by atoms with Gasteiger partial charge in [0.1, 0.15) is 6.61 Å². The second kappa shape index (κ2) is 15.7. The number of carbonyl (C=O) groups is 1. The highest BCUT2D eigenvalue weighted by Gasteiger charge is 2.34. The van der Waals surface area contributed by atoms with Gasteiger partial charge < -0.3 is 23.7 Å². The highest BCUT2D eigenvalue weighted by Crippen LogP contribution is 2.37. The average Bonchev–Trinajstić information content (AvgIpc) is 3.40. The van der Waals surface area contributed by atoms with Crippen molar-refractivity contribution in [2.75, 3.05) is 20.3 Å². The van der Waals surface area contributed by atoms with Gasteiger partial charge in [-0.2, -0.15) is 0 Å². The molecule has 1 aromatic heterocycles.